The lowest BCUT2D eigenvalue weighted by molar-refractivity contribution is -0.156. The van der Waals surface area contributed by atoms with Gasteiger partial charge in [0.25, 0.3) is 0 Å². The minimum atomic E-state index is -1.52. The number of nitrogens with zero attached hydrogens (tertiary/aromatic N) is 8. The minimum Gasteiger partial charge on any atom is -0.388 e. The molecule has 0 spiro atoms. The molecule has 0 aromatic heterocycles. The monoisotopic (exact) mass is 1190 g/mol. The minimum absolute atomic E-state index is 0.0455. The topological polar surface area (TPSA) is 270 Å². The van der Waals surface area contributed by atoms with Crippen molar-refractivity contribution in [1.29, 1.82) is 0 Å². The first kappa shape index (κ1) is 74.0. The molecule has 0 aromatic rings. The number of fused-ring (bicyclic) bond motifs is 2. The molecule has 2 aliphatic heterocycles. The van der Waals surface area contributed by atoms with Gasteiger partial charge in [-0.05, 0) is 94.8 Å². The van der Waals surface area contributed by atoms with Gasteiger partial charge in [0, 0.05) is 49.3 Å². The Bertz CT molecular complexity index is 2360. The van der Waals surface area contributed by atoms with E-state index in [-0.39, 0.29) is 62.2 Å². The summed E-state index contributed by atoms with van der Waals surface area (Å²) < 4.78 is 0. The van der Waals surface area contributed by atoms with Crippen molar-refractivity contribution in [2.45, 2.75) is 222 Å². The smallest absolute Gasteiger partial charge is 0.249 e. The molecule has 84 heavy (non-hydrogen) atoms. The van der Waals surface area contributed by atoms with Crippen LogP contribution in [0.4, 0.5) is 0 Å². The molecule has 0 aromatic carbocycles. The first-order valence-electron chi connectivity index (χ1n) is 30.2. The highest BCUT2D eigenvalue weighted by Crippen LogP contribution is 2.32. The average Bonchev–Trinajstić information content (AvgIpc) is 2.11. The van der Waals surface area contributed by atoms with Crippen molar-refractivity contribution < 1.29 is 57.8 Å². The number of amides is 11. The third kappa shape index (κ3) is 18.4. The number of allylic oxidation sites excluding steroid dienone is 1. The number of hydrogen-bond acceptors (Lipinski definition) is 12. The van der Waals surface area contributed by atoms with Crippen LogP contribution in [0.3, 0.4) is 0 Å². The Kier molecular flexibility index (Phi) is 28.5. The van der Waals surface area contributed by atoms with Crippen LogP contribution in [0.5, 0.6) is 0 Å². The van der Waals surface area contributed by atoms with Crippen LogP contribution >= 0.6 is 0 Å². The van der Waals surface area contributed by atoms with Crippen LogP contribution in [0.1, 0.15) is 149 Å². The summed E-state index contributed by atoms with van der Waals surface area (Å²) in [5.74, 6) is -8.80. The molecule has 2 fully saturated rings. The third-order valence-electron chi connectivity index (χ3n) is 16.3. The summed E-state index contributed by atoms with van der Waals surface area (Å²) in [6, 6.07) is -13.1. The molecule has 0 saturated carbocycles. The van der Waals surface area contributed by atoms with Crippen molar-refractivity contribution in [2.75, 3.05) is 55.9 Å². The van der Waals surface area contributed by atoms with Gasteiger partial charge in [-0.3, -0.25) is 52.7 Å². The fourth-order valence-electron chi connectivity index (χ4n) is 11.3. The van der Waals surface area contributed by atoms with Crippen LogP contribution in [0.2, 0.25) is 0 Å². The molecule has 23 heteroatoms. The predicted octanol–water partition coefficient (Wildman–Crippen LogP) is 2.73. The van der Waals surface area contributed by atoms with Gasteiger partial charge in [-0.2, -0.15) is 0 Å². The summed E-state index contributed by atoms with van der Waals surface area (Å²) in [5.41, 5.74) is 0. The summed E-state index contributed by atoms with van der Waals surface area (Å²) in [4.78, 5) is 170. The van der Waals surface area contributed by atoms with E-state index in [1.54, 1.807) is 53.7 Å². The number of carbonyl (C=O) groups excluding carboxylic acids is 11. The molecular formula is C61H107N11O12. The van der Waals surface area contributed by atoms with Gasteiger partial charge in [0.05, 0.1) is 12.6 Å². The molecule has 4 N–H and O–H groups in total. The quantitative estimate of drug-likeness (QED) is 0.194. The van der Waals surface area contributed by atoms with Gasteiger partial charge in [0.1, 0.15) is 66.5 Å². The highest BCUT2D eigenvalue weighted by Gasteiger charge is 2.55. The van der Waals surface area contributed by atoms with E-state index in [9.17, 15) is 48.3 Å². The Hall–Kier alpha value is -6.13. The van der Waals surface area contributed by atoms with Crippen LogP contribution in [-0.2, 0) is 52.7 Å². The van der Waals surface area contributed by atoms with Crippen LogP contribution in [-0.4, -0.2) is 238 Å². The number of carbonyl (C=O) groups is 11. The van der Waals surface area contributed by atoms with E-state index in [0.29, 0.717) is 0 Å². The van der Waals surface area contributed by atoms with Crippen molar-refractivity contribution in [3.8, 4) is 0 Å². The van der Waals surface area contributed by atoms with Gasteiger partial charge in [0.2, 0.25) is 65.0 Å². The number of hydrogen-bond donors (Lipinski definition) is 4. The molecule has 6 unspecified atom stereocenters. The summed E-state index contributed by atoms with van der Waals surface area (Å²) in [7, 11) is 9.99. The Labute approximate surface area is 501 Å². The Balaban J connectivity index is 2.97. The number of likely N-dealkylation sites (N-methyl/N-ethyl adjacent to an activating group) is 7. The fourth-order valence-corrected chi connectivity index (χ4v) is 11.3. The zero-order valence-corrected chi connectivity index (χ0v) is 55.0. The van der Waals surface area contributed by atoms with Gasteiger partial charge in [0.15, 0.2) is 0 Å². The molecule has 478 valence electrons. The second-order valence-electron chi connectivity index (χ2n) is 25.9. The number of nitrogens with one attached hydrogen (secondary N) is 3. The summed E-state index contributed by atoms with van der Waals surface area (Å²) in [5, 5.41) is 20.4. The maximum atomic E-state index is 15.1. The Morgan fingerprint density at radius 2 is 0.905 bits per heavy atom. The molecule has 2 bridgehead atoms. The highest BCUT2D eigenvalue weighted by molar-refractivity contribution is 6.00. The highest BCUT2D eigenvalue weighted by atomic mass is 16.3. The second kappa shape index (κ2) is 32.4. The molecule has 23 nitrogen and oxygen atoms in total. The molecule has 2 heterocycles. The predicted molar refractivity (Wildman–Crippen MR) is 322 cm³/mol. The SMILES string of the molecule is C/C=C/CC1[C@@H](O)[C@H]2C(=O)N1[C@@H](CC)C(=O)N(C)CC(=O)N(C)C(CC(C)C)C(=O)NC(C(C)C)C(=O)N(C)[C@@H](CC(C)C)C(=O)NC(C)C(=O)N[C@H](C)C(=O)N(C)C(CC(C)C)C(=O)N(C)C(CC(C)C)C(=O)N(C)[C@@H](C(C)C)C(=O)N2C. The van der Waals surface area contributed by atoms with Gasteiger partial charge >= 0.3 is 0 Å². The van der Waals surface area contributed by atoms with Crippen molar-refractivity contribution in [1.82, 2.24) is 55.1 Å². The molecule has 12 atom stereocenters. The molecule has 2 saturated heterocycles. The summed E-state index contributed by atoms with van der Waals surface area (Å²) >= 11 is 0. The van der Waals surface area contributed by atoms with E-state index in [2.05, 4.69) is 16.0 Å². The number of aliphatic hydroxyl groups is 1. The molecule has 0 radical (unpaired) electrons. The van der Waals surface area contributed by atoms with E-state index in [4.69, 9.17) is 0 Å². The van der Waals surface area contributed by atoms with Crippen LogP contribution in [0.15, 0.2) is 12.2 Å². The average molecular weight is 1190 g/mol. The van der Waals surface area contributed by atoms with Crippen LogP contribution in [0.25, 0.3) is 0 Å². The lowest BCUT2D eigenvalue weighted by Crippen LogP contribution is -2.61. The van der Waals surface area contributed by atoms with Crippen molar-refractivity contribution >= 4 is 65.0 Å². The molecule has 2 rings (SSSR count). The molecular weight excluding hydrogens is 1080 g/mol. The molecule has 2 aliphatic rings. The van der Waals surface area contributed by atoms with Crippen LogP contribution in [0, 0.1) is 35.5 Å². The Morgan fingerprint density at radius 3 is 1.36 bits per heavy atom. The fraction of sp³-hybridized carbons (Fsp3) is 0.787. The lowest BCUT2D eigenvalue weighted by atomic mass is 9.95. The Morgan fingerprint density at radius 1 is 0.476 bits per heavy atom. The van der Waals surface area contributed by atoms with E-state index in [0.717, 1.165) is 9.80 Å². The van der Waals surface area contributed by atoms with E-state index >= 15 is 9.59 Å². The zero-order chi connectivity index (χ0) is 64.8. The van der Waals surface area contributed by atoms with E-state index in [1.807, 2.05) is 55.4 Å². The van der Waals surface area contributed by atoms with Crippen LogP contribution < -0.4 is 16.0 Å². The van der Waals surface area contributed by atoms with Gasteiger partial charge in [-0.15, -0.1) is 0 Å². The largest absolute Gasteiger partial charge is 0.388 e. The number of rotatable bonds is 13. The zero-order valence-electron chi connectivity index (χ0n) is 55.0. The van der Waals surface area contributed by atoms with Gasteiger partial charge < -0.3 is 60.3 Å². The maximum absolute atomic E-state index is 15.1. The first-order chi connectivity index (χ1) is 38.8. The van der Waals surface area contributed by atoms with Crippen molar-refractivity contribution in [3.05, 3.63) is 12.2 Å². The van der Waals surface area contributed by atoms with Crippen molar-refractivity contribution in [3.63, 3.8) is 0 Å². The summed E-state index contributed by atoms with van der Waals surface area (Å²) in [6.07, 6.45) is 2.72. The lowest BCUT2D eigenvalue weighted by Gasteiger charge is -2.40. The van der Waals surface area contributed by atoms with Crippen molar-refractivity contribution in [2.24, 2.45) is 35.5 Å². The van der Waals surface area contributed by atoms with Gasteiger partial charge in [-0.1, -0.05) is 102 Å². The normalized spacial score (nSPS) is 28.7. The maximum Gasteiger partial charge on any atom is 0.249 e. The van der Waals surface area contributed by atoms with E-state index in [1.165, 1.54) is 92.6 Å². The van der Waals surface area contributed by atoms with E-state index < -0.39 is 156 Å². The first-order valence-corrected chi connectivity index (χ1v) is 30.2. The van der Waals surface area contributed by atoms with Gasteiger partial charge in [-0.25, -0.2) is 0 Å². The third-order valence-corrected chi connectivity index (χ3v) is 16.3. The second-order valence-corrected chi connectivity index (χ2v) is 25.9. The standard InChI is InChI=1S/C61H107N11O12/c1-24-26-27-42-51(74)50-61(84)72(42)41(25-2)56(79)65(17)32-47(73)66(18)43(28-33(3)4)54(77)64-48(37(11)12)59(82)67(19)44(29-34(5)6)53(76)62-39(15)52(75)63-40(16)55(78)68(20)45(30-35(7)8)57(80)69(21)46(31-36(9)10)58(81)70(22)49(38(13)14)60(83)71(50)23/h24,26,33-46,48-51,74H,25,27-32H2,1-23H3,(H,62,76)(H,63,75)(H,64,77)/b26-24+/t39?,40-,41+,42?,43?,44+,45?,46?,48?,49+,50+,51-/m1/s1. The number of aliphatic hydroxyl groups excluding tert-OH is 1. The summed E-state index contributed by atoms with van der Waals surface area (Å²) in [6.45, 7) is 27.7. The molecule has 0 aliphatic carbocycles. The molecule has 11 amide bonds.